The SMILES string of the molecule is CCOC(=O)C(C=NC1CCC2(CC1)OCCO2)=C(O)c1cccnc1Cl. The van der Waals surface area contributed by atoms with Gasteiger partial charge in [0.25, 0.3) is 0 Å². The molecule has 0 aromatic carbocycles. The van der Waals surface area contributed by atoms with Crippen molar-refractivity contribution in [2.75, 3.05) is 19.8 Å². The van der Waals surface area contributed by atoms with Gasteiger partial charge in [-0.05, 0) is 31.9 Å². The second kappa shape index (κ2) is 8.82. The van der Waals surface area contributed by atoms with E-state index in [1.165, 1.54) is 12.4 Å². The molecule has 1 N–H and O–H groups in total. The van der Waals surface area contributed by atoms with Gasteiger partial charge in [-0.2, -0.15) is 0 Å². The van der Waals surface area contributed by atoms with Gasteiger partial charge in [0.05, 0.1) is 31.4 Å². The average molecular weight is 395 g/mol. The first kappa shape index (κ1) is 19.8. The van der Waals surface area contributed by atoms with Crippen LogP contribution in [-0.2, 0) is 19.0 Å². The van der Waals surface area contributed by atoms with Crippen LogP contribution in [-0.4, -0.2) is 53.9 Å². The molecule has 0 unspecified atom stereocenters. The maximum atomic E-state index is 12.3. The lowest BCUT2D eigenvalue weighted by Gasteiger charge is -2.33. The summed E-state index contributed by atoms with van der Waals surface area (Å²) < 4.78 is 16.5. The van der Waals surface area contributed by atoms with Crippen molar-refractivity contribution in [2.45, 2.75) is 44.4 Å². The van der Waals surface area contributed by atoms with Crippen LogP contribution in [0.4, 0.5) is 0 Å². The monoisotopic (exact) mass is 394 g/mol. The summed E-state index contributed by atoms with van der Waals surface area (Å²) in [6.45, 7) is 3.14. The van der Waals surface area contributed by atoms with Crippen LogP contribution in [0.25, 0.3) is 5.76 Å². The highest BCUT2D eigenvalue weighted by Gasteiger charge is 2.40. The van der Waals surface area contributed by atoms with Gasteiger partial charge in [-0.1, -0.05) is 11.6 Å². The Bertz CT molecular complexity index is 733. The third-order valence-corrected chi connectivity index (χ3v) is 5.01. The molecule has 1 aromatic heterocycles. The summed E-state index contributed by atoms with van der Waals surface area (Å²) in [5.41, 5.74) is 0.212. The maximum Gasteiger partial charge on any atom is 0.343 e. The summed E-state index contributed by atoms with van der Waals surface area (Å²) >= 11 is 6.03. The predicted molar refractivity (Wildman–Crippen MR) is 101 cm³/mol. The molecule has 8 heteroatoms. The highest BCUT2D eigenvalue weighted by atomic mass is 35.5. The maximum absolute atomic E-state index is 12.3. The van der Waals surface area contributed by atoms with Gasteiger partial charge in [-0.3, -0.25) is 4.99 Å². The molecule has 1 aliphatic heterocycles. The van der Waals surface area contributed by atoms with Gasteiger partial charge in [0.1, 0.15) is 16.5 Å². The number of esters is 1. The smallest absolute Gasteiger partial charge is 0.343 e. The van der Waals surface area contributed by atoms with Gasteiger partial charge in [0.15, 0.2) is 5.79 Å². The third kappa shape index (κ3) is 4.66. The summed E-state index contributed by atoms with van der Waals surface area (Å²) in [6.07, 6.45) is 5.95. The lowest BCUT2D eigenvalue weighted by Crippen LogP contribution is -2.36. The Morgan fingerprint density at radius 1 is 1.44 bits per heavy atom. The molecule has 2 fully saturated rings. The number of hydrogen-bond acceptors (Lipinski definition) is 7. The Hall–Kier alpha value is -1.96. The Balaban J connectivity index is 1.78. The van der Waals surface area contributed by atoms with E-state index >= 15 is 0 Å². The Morgan fingerprint density at radius 3 is 2.78 bits per heavy atom. The molecule has 1 aromatic rings. The molecule has 7 nitrogen and oxygen atoms in total. The van der Waals surface area contributed by atoms with Crippen molar-refractivity contribution in [2.24, 2.45) is 4.99 Å². The van der Waals surface area contributed by atoms with E-state index in [9.17, 15) is 9.90 Å². The molecule has 2 heterocycles. The molecule has 3 rings (SSSR count). The van der Waals surface area contributed by atoms with Gasteiger partial charge in [-0.25, -0.2) is 9.78 Å². The van der Waals surface area contributed by atoms with Crippen LogP contribution >= 0.6 is 11.6 Å². The summed E-state index contributed by atoms with van der Waals surface area (Å²) in [4.78, 5) is 20.7. The summed E-state index contributed by atoms with van der Waals surface area (Å²) in [7, 11) is 0. The van der Waals surface area contributed by atoms with Crippen molar-refractivity contribution >= 4 is 29.5 Å². The number of pyridine rings is 1. The molecule has 0 atom stereocenters. The molecule has 1 spiro atoms. The fourth-order valence-corrected chi connectivity index (χ4v) is 3.49. The number of hydrogen-bond donors (Lipinski definition) is 1. The van der Waals surface area contributed by atoms with Crippen molar-refractivity contribution in [3.8, 4) is 0 Å². The number of aromatic nitrogens is 1. The molecular weight excluding hydrogens is 372 g/mol. The van der Waals surface area contributed by atoms with E-state index in [0.29, 0.717) is 13.2 Å². The molecule has 146 valence electrons. The number of carbonyl (C=O) groups excluding carboxylic acids is 1. The molecule has 2 aliphatic rings. The molecular formula is C19H23ClN2O5. The lowest BCUT2D eigenvalue weighted by atomic mass is 9.90. The van der Waals surface area contributed by atoms with Crippen LogP contribution in [0.1, 0.15) is 38.2 Å². The number of aliphatic hydroxyl groups is 1. The Labute approximate surface area is 163 Å². The number of ether oxygens (including phenoxy) is 3. The molecule has 1 aliphatic carbocycles. The zero-order valence-corrected chi connectivity index (χ0v) is 15.9. The van der Waals surface area contributed by atoms with E-state index in [2.05, 4.69) is 9.98 Å². The minimum Gasteiger partial charge on any atom is -0.506 e. The number of nitrogens with zero attached hydrogens (tertiary/aromatic N) is 2. The van der Waals surface area contributed by atoms with Crippen molar-refractivity contribution in [1.82, 2.24) is 4.98 Å². The predicted octanol–water partition coefficient (Wildman–Crippen LogP) is 3.32. The summed E-state index contributed by atoms with van der Waals surface area (Å²) in [6, 6.07) is 3.22. The molecule has 0 bridgehead atoms. The Morgan fingerprint density at radius 2 is 2.15 bits per heavy atom. The molecule has 27 heavy (non-hydrogen) atoms. The van der Waals surface area contributed by atoms with E-state index in [0.717, 1.165) is 25.7 Å². The number of aliphatic imine (C=N–C) groups is 1. The second-order valence-electron chi connectivity index (χ2n) is 6.44. The van der Waals surface area contributed by atoms with Crippen molar-refractivity contribution < 1.29 is 24.1 Å². The van der Waals surface area contributed by atoms with Crippen LogP contribution in [0.15, 0.2) is 28.9 Å². The topological polar surface area (TPSA) is 90.2 Å². The first-order valence-corrected chi connectivity index (χ1v) is 9.45. The van der Waals surface area contributed by atoms with E-state index < -0.39 is 11.8 Å². The van der Waals surface area contributed by atoms with Crippen LogP contribution in [0.5, 0.6) is 0 Å². The fraction of sp³-hybridized carbons (Fsp3) is 0.526. The first-order chi connectivity index (χ1) is 13.0. The zero-order chi connectivity index (χ0) is 19.3. The minimum absolute atomic E-state index is 0.0185. The van der Waals surface area contributed by atoms with E-state index in [1.54, 1.807) is 19.1 Å². The van der Waals surface area contributed by atoms with E-state index in [-0.39, 0.29) is 34.7 Å². The lowest BCUT2D eigenvalue weighted by molar-refractivity contribution is -0.178. The van der Waals surface area contributed by atoms with Gasteiger partial charge >= 0.3 is 5.97 Å². The average Bonchev–Trinajstić information content (AvgIpc) is 3.12. The van der Waals surface area contributed by atoms with Crippen LogP contribution in [0.2, 0.25) is 5.15 Å². The molecule has 0 amide bonds. The number of halogens is 1. The molecule has 1 saturated heterocycles. The number of aliphatic hydroxyl groups excluding tert-OH is 1. The molecule has 1 saturated carbocycles. The standard InChI is InChI=1S/C19H23ClN2O5/c1-2-25-18(24)15(16(23)14-4-3-9-21-17(14)20)12-22-13-5-7-19(8-6-13)26-10-11-27-19/h3-4,9,12-13,23H,2,5-8,10-11H2,1H3. The third-order valence-electron chi connectivity index (χ3n) is 4.71. The van der Waals surface area contributed by atoms with Gasteiger partial charge in [-0.15, -0.1) is 0 Å². The van der Waals surface area contributed by atoms with Crippen LogP contribution < -0.4 is 0 Å². The summed E-state index contributed by atoms with van der Waals surface area (Å²) in [5, 5.41) is 10.7. The minimum atomic E-state index is -0.659. The zero-order valence-electron chi connectivity index (χ0n) is 15.2. The van der Waals surface area contributed by atoms with E-state index in [4.69, 9.17) is 25.8 Å². The van der Waals surface area contributed by atoms with Gasteiger partial charge in [0.2, 0.25) is 0 Å². The highest BCUT2D eigenvalue weighted by molar-refractivity contribution is 6.31. The van der Waals surface area contributed by atoms with Crippen LogP contribution in [0, 0.1) is 0 Å². The quantitative estimate of drug-likeness (QED) is 0.271. The van der Waals surface area contributed by atoms with Crippen molar-refractivity contribution in [3.63, 3.8) is 0 Å². The first-order valence-electron chi connectivity index (χ1n) is 9.07. The van der Waals surface area contributed by atoms with E-state index in [1.807, 2.05) is 0 Å². The number of carbonyl (C=O) groups is 1. The molecule has 0 radical (unpaired) electrons. The second-order valence-corrected chi connectivity index (χ2v) is 6.80. The summed E-state index contributed by atoms with van der Waals surface area (Å²) in [5.74, 6) is -1.42. The van der Waals surface area contributed by atoms with Gasteiger partial charge < -0.3 is 19.3 Å². The van der Waals surface area contributed by atoms with Crippen LogP contribution in [0.3, 0.4) is 0 Å². The van der Waals surface area contributed by atoms with Crippen molar-refractivity contribution in [3.05, 3.63) is 34.6 Å². The highest BCUT2D eigenvalue weighted by Crippen LogP contribution is 2.36. The van der Waals surface area contributed by atoms with Gasteiger partial charge in [0, 0.05) is 25.3 Å². The fourth-order valence-electron chi connectivity index (χ4n) is 3.28. The van der Waals surface area contributed by atoms with Crippen molar-refractivity contribution in [1.29, 1.82) is 0 Å². The number of rotatable bonds is 5. The Kier molecular flexibility index (Phi) is 6.46. The normalized spacial score (nSPS) is 20.8. The largest absolute Gasteiger partial charge is 0.506 e.